The van der Waals surface area contributed by atoms with Crippen molar-refractivity contribution in [1.82, 2.24) is 0 Å². The van der Waals surface area contributed by atoms with Crippen LogP contribution in [0.15, 0.2) is 194 Å². The third kappa shape index (κ3) is 4.37. The Balaban J connectivity index is 1.07. The first-order valence-corrected chi connectivity index (χ1v) is 23.8. The number of thiophene rings is 2. The number of hydrogen-bond acceptors (Lipinski definition) is 2. The van der Waals surface area contributed by atoms with Crippen molar-refractivity contribution in [3.05, 3.63) is 194 Å². The molecule has 0 radical (unpaired) electrons. The summed E-state index contributed by atoms with van der Waals surface area (Å²) in [5, 5.41) is 18.4. The van der Waals surface area contributed by atoms with Crippen molar-refractivity contribution in [3.8, 4) is 66.8 Å². The average Bonchev–Trinajstić information content (AvgIpc) is 4.09. The lowest BCUT2D eigenvalue weighted by atomic mass is 9.84. The molecule has 0 atom stereocenters. The van der Waals surface area contributed by atoms with Gasteiger partial charge in [0.1, 0.15) is 0 Å². The topological polar surface area (TPSA) is 0 Å². The van der Waals surface area contributed by atoms with Crippen molar-refractivity contribution in [2.24, 2.45) is 0 Å². The van der Waals surface area contributed by atoms with Gasteiger partial charge in [-0.25, -0.2) is 0 Å². The highest BCUT2D eigenvalue weighted by atomic mass is 32.1. The molecule has 0 aliphatic heterocycles. The van der Waals surface area contributed by atoms with Gasteiger partial charge in [0.2, 0.25) is 0 Å². The summed E-state index contributed by atoms with van der Waals surface area (Å²) >= 11 is 3.80. The zero-order valence-corrected chi connectivity index (χ0v) is 35.9. The van der Waals surface area contributed by atoms with Gasteiger partial charge in [-0.1, -0.05) is 133 Å². The van der Waals surface area contributed by atoms with Crippen LogP contribution in [0.25, 0.3) is 161 Å². The summed E-state index contributed by atoms with van der Waals surface area (Å²) in [6, 6.07) is 74.5. The van der Waals surface area contributed by atoms with E-state index < -0.39 is 0 Å². The van der Waals surface area contributed by atoms with Gasteiger partial charge < -0.3 is 0 Å². The summed E-state index contributed by atoms with van der Waals surface area (Å²) in [6.45, 7) is 0. The smallest absolute Gasteiger partial charge is 0.0361 e. The number of rotatable bonds is 2. The molecule has 0 unspecified atom stereocenters. The van der Waals surface area contributed by atoms with Gasteiger partial charge in [-0.15, -0.1) is 22.7 Å². The zero-order chi connectivity index (χ0) is 41.4. The lowest BCUT2D eigenvalue weighted by Gasteiger charge is -2.19. The Hall–Kier alpha value is -7.62. The van der Waals surface area contributed by atoms with E-state index in [1.54, 1.807) is 0 Å². The second kappa shape index (κ2) is 12.1. The molecule has 64 heavy (non-hydrogen) atoms. The monoisotopic (exact) mass is 840 g/mol. The fourth-order valence-corrected chi connectivity index (χ4v) is 14.2. The predicted octanol–water partition coefficient (Wildman–Crippen LogP) is 18.8. The van der Waals surface area contributed by atoms with Gasteiger partial charge in [0.15, 0.2) is 0 Å². The maximum Gasteiger partial charge on any atom is 0.0361 e. The van der Waals surface area contributed by atoms with Crippen LogP contribution in [0.2, 0.25) is 0 Å². The summed E-state index contributed by atoms with van der Waals surface area (Å²) < 4.78 is 5.31. The maximum atomic E-state index is 2.54. The number of fused-ring (bicyclic) bond motifs is 17. The lowest BCUT2D eigenvalue weighted by Crippen LogP contribution is -1.91. The van der Waals surface area contributed by atoms with Crippen LogP contribution in [0.1, 0.15) is 0 Å². The highest BCUT2D eigenvalue weighted by Crippen LogP contribution is 2.54. The Kier molecular flexibility index (Phi) is 6.41. The van der Waals surface area contributed by atoms with Crippen LogP contribution in [0, 0.1) is 0 Å². The van der Waals surface area contributed by atoms with Crippen molar-refractivity contribution >= 4 is 117 Å². The van der Waals surface area contributed by atoms with Crippen LogP contribution in [0.5, 0.6) is 0 Å². The Labute approximate surface area is 375 Å². The van der Waals surface area contributed by atoms with Crippen LogP contribution in [0.4, 0.5) is 0 Å². The molecule has 0 bridgehead atoms. The van der Waals surface area contributed by atoms with E-state index in [4.69, 9.17) is 0 Å². The third-order valence-corrected chi connectivity index (χ3v) is 17.0. The standard InChI is InChI=1S/C62H32S2/c1-3-19-57-37(13-1)39-23-21-35(25-59(39)63-57)45-27-53-54(55-31-49-43-17-7-11-33-9-5-15-41(61(33)43)47(49)29-51(45)55)28-46(36-22-24-40-38-14-2-4-20-58(38)64-60(40)26-36)52-30-48-42-16-6-10-34-12-8-18-44(62(34)42)50(48)32-56(52)53/h1-32H. The van der Waals surface area contributed by atoms with Gasteiger partial charge in [-0.3, -0.25) is 0 Å². The zero-order valence-electron chi connectivity index (χ0n) is 34.3. The molecule has 0 N–H and O–H groups in total. The molecule has 16 rings (SSSR count). The molecule has 0 amide bonds. The fraction of sp³-hybridized carbons (Fsp3) is 0. The van der Waals surface area contributed by atoms with E-state index in [-0.39, 0.29) is 0 Å². The molecule has 292 valence electrons. The van der Waals surface area contributed by atoms with E-state index in [1.165, 1.54) is 161 Å². The highest BCUT2D eigenvalue weighted by Gasteiger charge is 2.27. The first kappa shape index (κ1) is 33.9. The summed E-state index contributed by atoms with van der Waals surface area (Å²) in [4.78, 5) is 0. The van der Waals surface area contributed by atoms with Crippen molar-refractivity contribution in [2.75, 3.05) is 0 Å². The Bertz CT molecular complexity index is 4180. The minimum absolute atomic E-state index is 1.25. The second-order valence-corrected chi connectivity index (χ2v) is 20.0. The molecular weight excluding hydrogens is 809 g/mol. The minimum atomic E-state index is 1.25. The molecule has 2 heteroatoms. The molecule has 14 aromatic rings. The molecule has 0 nitrogen and oxygen atoms in total. The van der Waals surface area contributed by atoms with Crippen LogP contribution in [-0.4, -0.2) is 0 Å². The molecule has 2 aromatic heterocycles. The van der Waals surface area contributed by atoms with Gasteiger partial charge in [-0.05, 0) is 181 Å². The SMILES string of the molecule is c1cc2c3c(cccc3c1)-c1cc3c(cc1-2)c(-c1ccc2c(c1)sc1ccccc12)cc1c2cc4c(cc2c(-c2ccc5c(c2)sc2ccccc25)cc31)-c1cccc2cccc-4c12. The normalized spacial score (nSPS) is 12.7. The lowest BCUT2D eigenvalue weighted by molar-refractivity contribution is 1.70. The van der Waals surface area contributed by atoms with Crippen LogP contribution < -0.4 is 0 Å². The summed E-state index contributed by atoms with van der Waals surface area (Å²) in [6.07, 6.45) is 0. The van der Waals surface area contributed by atoms with Gasteiger partial charge in [0.05, 0.1) is 0 Å². The molecule has 2 aliphatic rings. The average molecular weight is 841 g/mol. The van der Waals surface area contributed by atoms with E-state index >= 15 is 0 Å². The third-order valence-electron chi connectivity index (χ3n) is 14.7. The molecule has 0 saturated carbocycles. The molecule has 12 aromatic carbocycles. The molecular formula is C62H32S2. The largest absolute Gasteiger partial charge is 0.135 e. The van der Waals surface area contributed by atoms with E-state index in [9.17, 15) is 0 Å². The van der Waals surface area contributed by atoms with Crippen LogP contribution in [0.3, 0.4) is 0 Å². The van der Waals surface area contributed by atoms with Gasteiger partial charge in [0.25, 0.3) is 0 Å². The second-order valence-electron chi connectivity index (χ2n) is 17.9. The van der Waals surface area contributed by atoms with E-state index in [2.05, 4.69) is 194 Å². The van der Waals surface area contributed by atoms with Gasteiger partial charge in [0, 0.05) is 40.3 Å². The van der Waals surface area contributed by atoms with E-state index in [0.717, 1.165) is 0 Å². The molecule has 0 saturated heterocycles. The predicted molar refractivity (Wildman–Crippen MR) is 279 cm³/mol. The Morgan fingerprint density at radius 3 is 0.969 bits per heavy atom. The van der Waals surface area contributed by atoms with Gasteiger partial charge in [-0.2, -0.15) is 0 Å². The maximum absolute atomic E-state index is 2.54. The van der Waals surface area contributed by atoms with Gasteiger partial charge >= 0.3 is 0 Å². The summed E-state index contributed by atoms with van der Waals surface area (Å²) in [5.41, 5.74) is 15.7. The highest BCUT2D eigenvalue weighted by molar-refractivity contribution is 7.26. The van der Waals surface area contributed by atoms with E-state index in [0.29, 0.717) is 0 Å². The molecule has 0 spiro atoms. The van der Waals surface area contributed by atoms with Crippen molar-refractivity contribution in [2.45, 2.75) is 0 Å². The quantitative estimate of drug-likeness (QED) is 0.152. The minimum Gasteiger partial charge on any atom is -0.135 e. The number of benzene rings is 12. The Morgan fingerprint density at radius 2 is 0.547 bits per heavy atom. The first-order valence-electron chi connectivity index (χ1n) is 22.1. The first-order chi connectivity index (χ1) is 31.7. The molecule has 2 aliphatic carbocycles. The fourth-order valence-electron chi connectivity index (χ4n) is 11.9. The molecule has 2 heterocycles. The van der Waals surface area contributed by atoms with Crippen LogP contribution >= 0.6 is 22.7 Å². The number of hydrogen-bond donors (Lipinski definition) is 0. The van der Waals surface area contributed by atoms with Crippen LogP contribution in [-0.2, 0) is 0 Å². The molecule has 0 fully saturated rings. The van der Waals surface area contributed by atoms with E-state index in [1.807, 2.05) is 22.7 Å². The van der Waals surface area contributed by atoms with Crippen molar-refractivity contribution < 1.29 is 0 Å². The Morgan fingerprint density at radius 1 is 0.203 bits per heavy atom. The van der Waals surface area contributed by atoms with Crippen molar-refractivity contribution in [1.29, 1.82) is 0 Å². The van der Waals surface area contributed by atoms with Crippen molar-refractivity contribution in [3.63, 3.8) is 0 Å². The summed E-state index contributed by atoms with van der Waals surface area (Å²) in [7, 11) is 0. The summed E-state index contributed by atoms with van der Waals surface area (Å²) in [5.74, 6) is 0.